The highest BCUT2D eigenvalue weighted by Crippen LogP contribution is 2.20. The van der Waals surface area contributed by atoms with Crippen LogP contribution in [0.5, 0.6) is 5.75 Å². The van der Waals surface area contributed by atoms with Crippen LogP contribution in [0.2, 0.25) is 0 Å². The van der Waals surface area contributed by atoms with E-state index in [4.69, 9.17) is 9.84 Å². The minimum absolute atomic E-state index is 0.0378. The first-order valence-corrected chi connectivity index (χ1v) is 6.10. The van der Waals surface area contributed by atoms with Crippen LogP contribution in [0.25, 0.3) is 0 Å². The van der Waals surface area contributed by atoms with Gasteiger partial charge in [0, 0.05) is 16.2 Å². The van der Waals surface area contributed by atoms with E-state index in [0.717, 1.165) is 4.47 Å². The summed E-state index contributed by atoms with van der Waals surface area (Å²) < 4.78 is 19.2. The molecule has 1 aromatic carbocycles. The Balaban J connectivity index is 2.12. The predicted octanol–water partition coefficient (Wildman–Crippen LogP) is 3.26. The number of benzene rings is 1. The Bertz CT molecular complexity index is 619. The van der Waals surface area contributed by atoms with Crippen molar-refractivity contribution in [3.63, 3.8) is 0 Å². The van der Waals surface area contributed by atoms with E-state index < -0.39 is 5.97 Å². The van der Waals surface area contributed by atoms with Crippen LogP contribution in [-0.2, 0) is 6.61 Å². The zero-order chi connectivity index (χ0) is 13.8. The molecule has 0 saturated carbocycles. The summed E-state index contributed by atoms with van der Waals surface area (Å²) in [7, 11) is 0. The summed E-state index contributed by atoms with van der Waals surface area (Å²) in [5.74, 6) is -1.12. The Morgan fingerprint density at radius 2 is 2.16 bits per heavy atom. The van der Waals surface area contributed by atoms with Crippen molar-refractivity contribution < 1.29 is 19.0 Å². The molecule has 19 heavy (non-hydrogen) atoms. The number of halogens is 2. The summed E-state index contributed by atoms with van der Waals surface area (Å²) >= 11 is 3.29. The number of hydrogen-bond donors (Lipinski definition) is 1. The van der Waals surface area contributed by atoms with Crippen molar-refractivity contribution in [2.24, 2.45) is 0 Å². The molecule has 0 atom stereocenters. The van der Waals surface area contributed by atoms with Crippen LogP contribution < -0.4 is 4.74 Å². The van der Waals surface area contributed by atoms with E-state index in [2.05, 4.69) is 20.9 Å². The molecule has 6 heteroatoms. The summed E-state index contributed by atoms with van der Waals surface area (Å²) in [5.41, 5.74) is 0.663. The van der Waals surface area contributed by atoms with Crippen LogP contribution in [-0.4, -0.2) is 16.1 Å². The molecule has 0 radical (unpaired) electrons. The van der Waals surface area contributed by atoms with Crippen molar-refractivity contribution >= 4 is 21.9 Å². The van der Waals surface area contributed by atoms with Gasteiger partial charge < -0.3 is 9.84 Å². The van der Waals surface area contributed by atoms with Crippen LogP contribution >= 0.6 is 15.9 Å². The monoisotopic (exact) mass is 325 g/mol. The average molecular weight is 326 g/mol. The van der Waals surface area contributed by atoms with Gasteiger partial charge in [-0.3, -0.25) is 4.98 Å². The van der Waals surface area contributed by atoms with E-state index >= 15 is 0 Å². The molecule has 0 fully saturated rings. The maximum Gasteiger partial charge on any atom is 0.337 e. The molecular formula is C13H9BrFNO3. The third-order valence-electron chi connectivity index (χ3n) is 2.36. The minimum atomic E-state index is -1.08. The average Bonchev–Trinajstić information content (AvgIpc) is 2.40. The van der Waals surface area contributed by atoms with Crippen LogP contribution in [0.1, 0.15) is 15.9 Å². The van der Waals surface area contributed by atoms with Gasteiger partial charge in [0.1, 0.15) is 18.2 Å². The Kier molecular flexibility index (Phi) is 4.11. The molecule has 2 aromatic rings. The first kappa shape index (κ1) is 13.5. The zero-order valence-corrected chi connectivity index (χ0v) is 11.2. The van der Waals surface area contributed by atoms with E-state index in [9.17, 15) is 9.18 Å². The molecule has 0 saturated heterocycles. The SMILES string of the molecule is O=C(O)c1cncc(OCc2cc(F)ccc2Br)c1. The lowest BCUT2D eigenvalue weighted by atomic mass is 10.2. The molecule has 0 amide bonds. The van der Waals surface area contributed by atoms with Gasteiger partial charge in [-0.2, -0.15) is 0 Å². The Labute approximate surface area is 117 Å². The third-order valence-corrected chi connectivity index (χ3v) is 3.14. The molecule has 2 rings (SSSR count). The number of carboxylic acid groups (broad SMARTS) is 1. The highest BCUT2D eigenvalue weighted by Gasteiger charge is 2.06. The van der Waals surface area contributed by atoms with Gasteiger partial charge in [-0.05, 0) is 24.3 Å². The van der Waals surface area contributed by atoms with Crippen LogP contribution in [0, 0.1) is 5.82 Å². The molecule has 1 aromatic heterocycles. The molecule has 0 unspecified atom stereocenters. The topological polar surface area (TPSA) is 59.4 Å². The number of rotatable bonds is 4. The summed E-state index contributed by atoms with van der Waals surface area (Å²) in [6.07, 6.45) is 2.63. The van der Waals surface area contributed by atoms with Crippen molar-refractivity contribution in [3.8, 4) is 5.75 Å². The van der Waals surface area contributed by atoms with E-state index in [1.165, 1.54) is 30.6 Å². The van der Waals surface area contributed by atoms with E-state index in [1.54, 1.807) is 6.07 Å². The lowest BCUT2D eigenvalue weighted by molar-refractivity contribution is 0.0696. The number of pyridine rings is 1. The van der Waals surface area contributed by atoms with Crippen LogP contribution in [0.4, 0.5) is 4.39 Å². The van der Waals surface area contributed by atoms with E-state index in [1.807, 2.05) is 0 Å². The van der Waals surface area contributed by atoms with Crippen molar-refractivity contribution in [1.29, 1.82) is 0 Å². The third kappa shape index (κ3) is 3.51. The van der Waals surface area contributed by atoms with Gasteiger partial charge in [-0.25, -0.2) is 9.18 Å². The normalized spacial score (nSPS) is 10.2. The van der Waals surface area contributed by atoms with Crippen molar-refractivity contribution in [2.75, 3.05) is 0 Å². The second kappa shape index (κ2) is 5.79. The molecule has 0 spiro atoms. The molecular weight excluding hydrogens is 317 g/mol. The number of carboxylic acids is 1. The zero-order valence-electron chi connectivity index (χ0n) is 9.64. The lowest BCUT2D eigenvalue weighted by Crippen LogP contribution is -2.01. The first-order valence-electron chi connectivity index (χ1n) is 5.31. The Morgan fingerprint density at radius 1 is 1.37 bits per heavy atom. The van der Waals surface area contributed by atoms with Gasteiger partial charge in [0.15, 0.2) is 0 Å². The fraction of sp³-hybridized carbons (Fsp3) is 0.0769. The molecule has 1 heterocycles. The molecule has 4 nitrogen and oxygen atoms in total. The Morgan fingerprint density at radius 3 is 2.89 bits per heavy atom. The molecule has 0 bridgehead atoms. The summed E-state index contributed by atoms with van der Waals surface area (Å²) in [5, 5.41) is 8.82. The highest BCUT2D eigenvalue weighted by atomic mass is 79.9. The molecule has 98 valence electrons. The Hall–Kier alpha value is -1.95. The van der Waals surface area contributed by atoms with Crippen LogP contribution in [0.15, 0.2) is 41.1 Å². The second-order valence-electron chi connectivity index (χ2n) is 3.74. The molecule has 0 aliphatic heterocycles. The summed E-state index contributed by atoms with van der Waals surface area (Å²) in [6, 6.07) is 5.63. The van der Waals surface area contributed by atoms with Crippen LogP contribution in [0.3, 0.4) is 0 Å². The largest absolute Gasteiger partial charge is 0.487 e. The summed E-state index contributed by atoms with van der Waals surface area (Å²) in [4.78, 5) is 14.5. The van der Waals surface area contributed by atoms with Crippen molar-refractivity contribution in [3.05, 3.63) is 58.1 Å². The van der Waals surface area contributed by atoms with E-state index in [-0.39, 0.29) is 18.0 Å². The second-order valence-corrected chi connectivity index (χ2v) is 4.59. The number of aromatic nitrogens is 1. The number of ether oxygens (including phenoxy) is 1. The molecule has 1 N–H and O–H groups in total. The minimum Gasteiger partial charge on any atom is -0.487 e. The van der Waals surface area contributed by atoms with Gasteiger partial charge in [-0.15, -0.1) is 0 Å². The van der Waals surface area contributed by atoms with Gasteiger partial charge in [0.2, 0.25) is 0 Å². The number of aromatic carboxylic acids is 1. The molecule has 0 aliphatic carbocycles. The number of nitrogens with zero attached hydrogens (tertiary/aromatic N) is 1. The number of hydrogen-bond acceptors (Lipinski definition) is 3. The first-order chi connectivity index (χ1) is 9.06. The maximum absolute atomic E-state index is 13.1. The predicted molar refractivity (Wildman–Crippen MR) is 69.6 cm³/mol. The van der Waals surface area contributed by atoms with Crippen molar-refractivity contribution in [1.82, 2.24) is 4.98 Å². The van der Waals surface area contributed by atoms with Gasteiger partial charge in [0.25, 0.3) is 0 Å². The van der Waals surface area contributed by atoms with Gasteiger partial charge >= 0.3 is 5.97 Å². The maximum atomic E-state index is 13.1. The quantitative estimate of drug-likeness (QED) is 0.937. The molecule has 0 aliphatic rings. The van der Waals surface area contributed by atoms with E-state index in [0.29, 0.717) is 11.3 Å². The highest BCUT2D eigenvalue weighted by molar-refractivity contribution is 9.10. The number of carbonyl (C=O) groups is 1. The standard InChI is InChI=1S/C13H9BrFNO3/c14-12-2-1-10(15)3-9(12)7-19-11-4-8(13(17)18)5-16-6-11/h1-6H,7H2,(H,17,18). The van der Waals surface area contributed by atoms with Crippen molar-refractivity contribution in [2.45, 2.75) is 6.61 Å². The lowest BCUT2D eigenvalue weighted by Gasteiger charge is -2.08. The van der Waals surface area contributed by atoms with Gasteiger partial charge in [-0.1, -0.05) is 15.9 Å². The van der Waals surface area contributed by atoms with Gasteiger partial charge in [0.05, 0.1) is 11.8 Å². The summed E-state index contributed by atoms with van der Waals surface area (Å²) in [6.45, 7) is 0.114. The smallest absolute Gasteiger partial charge is 0.337 e. The fourth-order valence-electron chi connectivity index (χ4n) is 1.43. The fourth-order valence-corrected chi connectivity index (χ4v) is 1.79.